The first-order valence-electron chi connectivity index (χ1n) is 6.31. The van der Waals surface area contributed by atoms with Gasteiger partial charge in [-0.15, -0.1) is 0 Å². The van der Waals surface area contributed by atoms with Gasteiger partial charge >= 0.3 is 0 Å². The monoisotopic (exact) mass is 322 g/mol. The second-order valence-electron chi connectivity index (χ2n) is 4.77. The molecule has 2 aromatic rings. The van der Waals surface area contributed by atoms with Gasteiger partial charge in [-0.3, -0.25) is 4.79 Å². The molecule has 1 unspecified atom stereocenters. The number of carbonyl (C=O) groups is 1. The summed E-state index contributed by atoms with van der Waals surface area (Å²) in [5, 5.41) is 3.82. The van der Waals surface area contributed by atoms with Crippen LogP contribution in [0.2, 0.25) is 10.0 Å². The molecule has 0 spiro atoms. The average Bonchev–Trinajstić information content (AvgIpc) is 2.44. The van der Waals surface area contributed by atoms with E-state index in [1.807, 2.05) is 6.07 Å². The highest BCUT2D eigenvalue weighted by Gasteiger charge is 2.18. The van der Waals surface area contributed by atoms with E-state index in [2.05, 4.69) is 5.32 Å². The SMILES string of the molecule is NC(c1cc(Cl)cc(Cl)c1)c1ccc2c(c1)NC(=O)CO2. The zero-order valence-corrected chi connectivity index (χ0v) is 12.4. The molecule has 1 amide bonds. The zero-order valence-electron chi connectivity index (χ0n) is 10.9. The number of nitrogens with one attached hydrogen (secondary N) is 1. The Morgan fingerprint density at radius 2 is 1.81 bits per heavy atom. The van der Waals surface area contributed by atoms with Crippen LogP contribution >= 0.6 is 23.2 Å². The summed E-state index contributed by atoms with van der Waals surface area (Å²) in [6, 6.07) is 10.2. The molecule has 0 saturated heterocycles. The number of amides is 1. The number of anilines is 1. The number of carbonyl (C=O) groups excluding carboxylic acids is 1. The Labute approximate surface area is 131 Å². The fraction of sp³-hybridized carbons (Fsp3) is 0.133. The lowest BCUT2D eigenvalue weighted by atomic mass is 9.98. The number of fused-ring (bicyclic) bond motifs is 1. The molecule has 1 heterocycles. The molecule has 1 aliphatic heterocycles. The van der Waals surface area contributed by atoms with E-state index in [-0.39, 0.29) is 12.5 Å². The van der Waals surface area contributed by atoms with Crippen molar-refractivity contribution in [3.05, 3.63) is 57.6 Å². The summed E-state index contributed by atoms with van der Waals surface area (Å²) in [5.74, 6) is 0.452. The second kappa shape index (κ2) is 5.56. The van der Waals surface area contributed by atoms with Crippen molar-refractivity contribution in [3.8, 4) is 5.75 Å². The van der Waals surface area contributed by atoms with E-state index in [0.29, 0.717) is 21.5 Å². The minimum absolute atomic E-state index is 0.0301. The third kappa shape index (κ3) is 2.97. The maximum atomic E-state index is 11.4. The molecule has 1 aliphatic rings. The van der Waals surface area contributed by atoms with E-state index in [0.717, 1.165) is 11.1 Å². The summed E-state index contributed by atoms with van der Waals surface area (Å²) >= 11 is 12.0. The van der Waals surface area contributed by atoms with Gasteiger partial charge in [-0.05, 0) is 41.5 Å². The predicted molar refractivity (Wildman–Crippen MR) is 83.1 cm³/mol. The number of hydrogen-bond acceptors (Lipinski definition) is 3. The van der Waals surface area contributed by atoms with Crippen molar-refractivity contribution in [2.45, 2.75) is 6.04 Å². The number of nitrogens with two attached hydrogens (primary N) is 1. The number of rotatable bonds is 2. The Bertz CT molecular complexity index is 699. The fourth-order valence-corrected chi connectivity index (χ4v) is 2.78. The van der Waals surface area contributed by atoms with Crippen LogP contribution < -0.4 is 15.8 Å². The molecule has 0 aromatic heterocycles. The summed E-state index contributed by atoms with van der Waals surface area (Å²) in [6.45, 7) is 0.0301. The molecule has 4 nitrogen and oxygen atoms in total. The Morgan fingerprint density at radius 3 is 2.52 bits per heavy atom. The topological polar surface area (TPSA) is 64.3 Å². The molecule has 21 heavy (non-hydrogen) atoms. The molecule has 3 rings (SSSR count). The lowest BCUT2D eigenvalue weighted by molar-refractivity contribution is -0.118. The fourth-order valence-electron chi connectivity index (χ4n) is 2.24. The Balaban J connectivity index is 1.96. The Morgan fingerprint density at radius 1 is 1.10 bits per heavy atom. The van der Waals surface area contributed by atoms with Crippen molar-refractivity contribution in [1.82, 2.24) is 0 Å². The number of ether oxygens (including phenoxy) is 1. The first kappa shape index (κ1) is 14.2. The summed E-state index contributed by atoms with van der Waals surface area (Å²) < 4.78 is 5.32. The molecular formula is C15H12Cl2N2O2. The maximum Gasteiger partial charge on any atom is 0.262 e. The van der Waals surface area contributed by atoms with Crippen LogP contribution in [0.4, 0.5) is 5.69 Å². The van der Waals surface area contributed by atoms with Gasteiger partial charge < -0.3 is 15.8 Å². The Hall–Kier alpha value is -1.75. The summed E-state index contributed by atoms with van der Waals surface area (Å²) in [4.78, 5) is 11.4. The van der Waals surface area contributed by atoms with Crippen LogP contribution in [0.1, 0.15) is 17.2 Å². The highest BCUT2D eigenvalue weighted by molar-refractivity contribution is 6.34. The number of hydrogen-bond donors (Lipinski definition) is 2. The Kier molecular flexibility index (Phi) is 3.76. The highest BCUT2D eigenvalue weighted by Crippen LogP contribution is 2.33. The van der Waals surface area contributed by atoms with Gasteiger partial charge in [0.25, 0.3) is 5.91 Å². The van der Waals surface area contributed by atoms with E-state index < -0.39 is 6.04 Å². The minimum Gasteiger partial charge on any atom is -0.482 e. The van der Waals surface area contributed by atoms with Crippen LogP contribution in [-0.4, -0.2) is 12.5 Å². The molecule has 1 atom stereocenters. The first-order chi connectivity index (χ1) is 10.0. The molecule has 0 bridgehead atoms. The minimum atomic E-state index is -0.398. The first-order valence-corrected chi connectivity index (χ1v) is 7.07. The van der Waals surface area contributed by atoms with Gasteiger partial charge in [0.15, 0.2) is 6.61 Å². The van der Waals surface area contributed by atoms with Gasteiger partial charge in [-0.25, -0.2) is 0 Å². The normalized spacial score (nSPS) is 14.9. The van der Waals surface area contributed by atoms with Crippen LogP contribution in [0.25, 0.3) is 0 Å². The van der Waals surface area contributed by atoms with Crippen molar-refractivity contribution in [1.29, 1.82) is 0 Å². The number of halogens is 2. The maximum absolute atomic E-state index is 11.4. The van der Waals surface area contributed by atoms with Crippen molar-refractivity contribution in [2.24, 2.45) is 5.73 Å². The molecule has 6 heteroatoms. The van der Waals surface area contributed by atoms with E-state index in [4.69, 9.17) is 33.7 Å². The van der Waals surface area contributed by atoms with Crippen molar-refractivity contribution in [3.63, 3.8) is 0 Å². The van der Waals surface area contributed by atoms with Crippen LogP contribution in [0.3, 0.4) is 0 Å². The van der Waals surface area contributed by atoms with E-state index in [1.165, 1.54) is 0 Å². The van der Waals surface area contributed by atoms with Crippen molar-refractivity contribution >= 4 is 34.8 Å². The molecule has 0 fully saturated rings. The van der Waals surface area contributed by atoms with Gasteiger partial charge in [0.1, 0.15) is 5.75 Å². The van der Waals surface area contributed by atoms with Crippen LogP contribution in [0, 0.1) is 0 Å². The third-order valence-electron chi connectivity index (χ3n) is 3.24. The van der Waals surface area contributed by atoms with Crippen LogP contribution in [0.15, 0.2) is 36.4 Å². The smallest absolute Gasteiger partial charge is 0.262 e. The summed E-state index contributed by atoms with van der Waals surface area (Å²) in [6.07, 6.45) is 0. The second-order valence-corrected chi connectivity index (χ2v) is 5.65. The molecule has 108 valence electrons. The molecular weight excluding hydrogens is 311 g/mol. The van der Waals surface area contributed by atoms with E-state index in [1.54, 1.807) is 30.3 Å². The van der Waals surface area contributed by atoms with E-state index >= 15 is 0 Å². The van der Waals surface area contributed by atoms with Crippen molar-refractivity contribution in [2.75, 3.05) is 11.9 Å². The summed E-state index contributed by atoms with van der Waals surface area (Å²) in [7, 11) is 0. The lowest BCUT2D eigenvalue weighted by Gasteiger charge is -2.20. The highest BCUT2D eigenvalue weighted by atomic mass is 35.5. The standard InChI is InChI=1S/C15H12Cl2N2O2/c16-10-3-9(4-11(17)6-10)15(18)8-1-2-13-12(5-8)19-14(20)7-21-13/h1-6,15H,7,18H2,(H,19,20). The van der Waals surface area contributed by atoms with Gasteiger partial charge in [0.2, 0.25) is 0 Å². The largest absolute Gasteiger partial charge is 0.482 e. The number of benzene rings is 2. The van der Waals surface area contributed by atoms with E-state index in [9.17, 15) is 4.79 Å². The molecule has 0 radical (unpaired) electrons. The molecule has 0 aliphatic carbocycles. The van der Waals surface area contributed by atoms with Crippen LogP contribution in [0.5, 0.6) is 5.75 Å². The zero-order chi connectivity index (χ0) is 15.0. The predicted octanol–water partition coefficient (Wildman–Crippen LogP) is 3.37. The third-order valence-corrected chi connectivity index (χ3v) is 3.68. The van der Waals surface area contributed by atoms with Gasteiger partial charge in [0, 0.05) is 10.0 Å². The quantitative estimate of drug-likeness (QED) is 0.890. The molecule has 0 saturated carbocycles. The molecule has 3 N–H and O–H groups in total. The molecule has 2 aromatic carbocycles. The lowest BCUT2D eigenvalue weighted by Crippen LogP contribution is -2.25. The van der Waals surface area contributed by atoms with Gasteiger partial charge in [0.05, 0.1) is 11.7 Å². The van der Waals surface area contributed by atoms with Gasteiger partial charge in [-0.2, -0.15) is 0 Å². The van der Waals surface area contributed by atoms with Gasteiger partial charge in [-0.1, -0.05) is 29.3 Å². The summed E-state index contributed by atoms with van der Waals surface area (Å²) in [5.41, 5.74) is 8.50. The van der Waals surface area contributed by atoms with Crippen LogP contribution in [-0.2, 0) is 4.79 Å². The van der Waals surface area contributed by atoms with Crippen molar-refractivity contribution < 1.29 is 9.53 Å². The average molecular weight is 323 g/mol.